The molecule has 6 heteroatoms. The molecule has 0 rings (SSSR count). The van der Waals surface area contributed by atoms with Gasteiger partial charge in [0.15, 0.2) is 0 Å². The first kappa shape index (κ1) is 39.0. The molecule has 0 fully saturated rings. The number of rotatable bonds is 6. The lowest BCUT2D eigenvalue weighted by molar-refractivity contribution is 0.294. The molecule has 0 amide bonds. The number of aliphatic hydroxyl groups excluding tert-OH is 6. The highest BCUT2D eigenvalue weighted by Gasteiger charge is 1.59. The Labute approximate surface area is 151 Å². The standard InChI is InChI=1S/6C3H8O/c6*1-2-3-4/h6*4H,2-3H2,1H3. The molecule has 0 saturated carbocycles. The highest BCUT2D eigenvalue weighted by atomic mass is 16.3. The lowest BCUT2D eigenvalue weighted by Gasteiger charge is -1.69. The summed E-state index contributed by atoms with van der Waals surface area (Å²) >= 11 is 0. The van der Waals surface area contributed by atoms with E-state index >= 15 is 0 Å². The molecule has 156 valence electrons. The Morgan fingerprint density at radius 1 is 0.292 bits per heavy atom. The summed E-state index contributed by atoms with van der Waals surface area (Å²) in [6.07, 6.45) is 5.25. The first-order valence-corrected chi connectivity index (χ1v) is 9.14. The van der Waals surface area contributed by atoms with Gasteiger partial charge in [-0.2, -0.15) is 0 Å². The normalized spacial score (nSPS) is 7.50. The number of hydrogen-bond donors (Lipinski definition) is 6. The van der Waals surface area contributed by atoms with Gasteiger partial charge in [-0.05, 0) is 38.5 Å². The van der Waals surface area contributed by atoms with Crippen molar-refractivity contribution in [3.63, 3.8) is 0 Å². The molecular weight excluding hydrogens is 312 g/mol. The molecule has 0 bridgehead atoms. The molecule has 0 atom stereocenters. The van der Waals surface area contributed by atoms with Crippen LogP contribution in [0.2, 0.25) is 0 Å². The van der Waals surface area contributed by atoms with Crippen LogP contribution in [-0.2, 0) is 0 Å². The van der Waals surface area contributed by atoms with Gasteiger partial charge < -0.3 is 30.6 Å². The van der Waals surface area contributed by atoms with Crippen molar-refractivity contribution in [3.8, 4) is 0 Å². The SMILES string of the molecule is CCCO.CCCO.CCCO.CCCO.CCCO.CCCO. The second-order valence-corrected chi connectivity index (χ2v) is 4.34. The van der Waals surface area contributed by atoms with Gasteiger partial charge in [0, 0.05) is 39.6 Å². The minimum atomic E-state index is 0.319. The van der Waals surface area contributed by atoms with E-state index in [1.54, 1.807) is 0 Å². The van der Waals surface area contributed by atoms with Crippen LogP contribution in [-0.4, -0.2) is 70.3 Å². The average Bonchev–Trinajstić information content (AvgIpc) is 2.68. The van der Waals surface area contributed by atoms with E-state index in [0.717, 1.165) is 38.5 Å². The first-order valence-electron chi connectivity index (χ1n) is 9.14. The van der Waals surface area contributed by atoms with Crippen molar-refractivity contribution >= 4 is 0 Å². The summed E-state index contributed by atoms with van der Waals surface area (Å²) in [5.74, 6) is 0. The van der Waals surface area contributed by atoms with Crippen LogP contribution in [0.15, 0.2) is 0 Å². The lowest BCUT2D eigenvalue weighted by atomic mass is 10.5. The predicted molar refractivity (Wildman–Crippen MR) is 104 cm³/mol. The number of aliphatic hydroxyl groups is 6. The molecular formula is C18H48O6. The molecule has 0 aliphatic heterocycles. The Balaban J connectivity index is -0.0000000405. The fraction of sp³-hybridized carbons (Fsp3) is 1.00. The second-order valence-electron chi connectivity index (χ2n) is 4.34. The average molecular weight is 361 g/mol. The molecule has 0 aromatic carbocycles. The van der Waals surface area contributed by atoms with E-state index in [4.69, 9.17) is 30.6 Å². The third-order valence-corrected chi connectivity index (χ3v) is 1.34. The largest absolute Gasteiger partial charge is 0.396 e. The third-order valence-electron chi connectivity index (χ3n) is 1.34. The van der Waals surface area contributed by atoms with Gasteiger partial charge in [-0.15, -0.1) is 0 Å². The van der Waals surface area contributed by atoms with Crippen LogP contribution < -0.4 is 0 Å². The summed E-state index contributed by atoms with van der Waals surface area (Å²) in [4.78, 5) is 0. The Hall–Kier alpha value is -0.240. The first-order chi connectivity index (χ1) is 11.5. The fourth-order valence-electron chi connectivity index (χ4n) is 0. The summed E-state index contributed by atoms with van der Waals surface area (Å²) < 4.78 is 0. The minimum Gasteiger partial charge on any atom is -0.396 e. The molecule has 0 radical (unpaired) electrons. The highest BCUT2D eigenvalue weighted by molar-refractivity contribution is 4.11. The van der Waals surface area contributed by atoms with Crippen molar-refractivity contribution in [2.24, 2.45) is 0 Å². The second kappa shape index (κ2) is 77.9. The molecule has 0 unspecified atom stereocenters. The minimum absolute atomic E-state index is 0.319. The lowest BCUT2D eigenvalue weighted by Crippen LogP contribution is -1.69. The molecule has 0 heterocycles. The topological polar surface area (TPSA) is 121 Å². The zero-order valence-corrected chi connectivity index (χ0v) is 17.2. The molecule has 0 aliphatic carbocycles. The van der Waals surface area contributed by atoms with Crippen LogP contribution in [0.3, 0.4) is 0 Å². The summed E-state index contributed by atoms with van der Waals surface area (Å²) in [6.45, 7) is 13.5. The van der Waals surface area contributed by atoms with E-state index in [9.17, 15) is 0 Å². The Morgan fingerprint density at radius 2 is 0.333 bits per heavy atom. The Bertz CT molecular complexity index is 62.5. The maximum Gasteiger partial charge on any atom is 0.0428 e. The highest BCUT2D eigenvalue weighted by Crippen LogP contribution is 1.63. The summed E-state index contributed by atoms with van der Waals surface area (Å²) in [7, 11) is 0. The van der Waals surface area contributed by atoms with Crippen molar-refractivity contribution in [2.75, 3.05) is 39.6 Å². The van der Waals surface area contributed by atoms with E-state index in [2.05, 4.69) is 0 Å². The van der Waals surface area contributed by atoms with Gasteiger partial charge in [0.25, 0.3) is 0 Å². The van der Waals surface area contributed by atoms with E-state index in [0.29, 0.717) is 39.6 Å². The molecule has 0 aromatic heterocycles. The van der Waals surface area contributed by atoms with Crippen molar-refractivity contribution in [1.29, 1.82) is 0 Å². The zero-order chi connectivity index (χ0) is 20.5. The van der Waals surface area contributed by atoms with Gasteiger partial charge in [0.05, 0.1) is 0 Å². The fourth-order valence-corrected chi connectivity index (χ4v) is 0. The Morgan fingerprint density at radius 3 is 0.333 bits per heavy atom. The molecule has 0 spiro atoms. The molecule has 0 aromatic rings. The van der Waals surface area contributed by atoms with Gasteiger partial charge in [-0.3, -0.25) is 0 Å². The van der Waals surface area contributed by atoms with Crippen molar-refractivity contribution in [3.05, 3.63) is 0 Å². The maximum absolute atomic E-state index is 7.88. The summed E-state index contributed by atoms with van der Waals surface area (Å²) in [5, 5.41) is 47.2. The van der Waals surface area contributed by atoms with Crippen LogP contribution in [0.4, 0.5) is 0 Å². The van der Waals surface area contributed by atoms with Gasteiger partial charge in [0.1, 0.15) is 0 Å². The quantitative estimate of drug-likeness (QED) is 0.432. The maximum atomic E-state index is 7.88. The molecule has 24 heavy (non-hydrogen) atoms. The van der Waals surface area contributed by atoms with Crippen LogP contribution >= 0.6 is 0 Å². The summed E-state index contributed by atoms with van der Waals surface area (Å²) in [6, 6.07) is 0. The zero-order valence-electron chi connectivity index (χ0n) is 17.2. The molecule has 6 N–H and O–H groups in total. The molecule has 6 nitrogen and oxygen atoms in total. The number of hydrogen-bond acceptors (Lipinski definition) is 6. The van der Waals surface area contributed by atoms with Gasteiger partial charge >= 0.3 is 0 Å². The van der Waals surface area contributed by atoms with E-state index in [1.807, 2.05) is 41.5 Å². The van der Waals surface area contributed by atoms with Crippen molar-refractivity contribution in [2.45, 2.75) is 80.1 Å². The molecule has 0 aliphatic rings. The van der Waals surface area contributed by atoms with E-state index in [1.165, 1.54) is 0 Å². The summed E-state index contributed by atoms with van der Waals surface area (Å²) in [5.41, 5.74) is 0. The van der Waals surface area contributed by atoms with Gasteiger partial charge in [-0.25, -0.2) is 0 Å². The van der Waals surface area contributed by atoms with Crippen molar-refractivity contribution in [1.82, 2.24) is 0 Å². The molecule has 0 saturated heterocycles. The van der Waals surface area contributed by atoms with Crippen LogP contribution in [0, 0.1) is 0 Å². The Kier molecular flexibility index (Phi) is 127. The van der Waals surface area contributed by atoms with E-state index in [-0.39, 0.29) is 0 Å². The third kappa shape index (κ3) is 283. The van der Waals surface area contributed by atoms with Crippen LogP contribution in [0.25, 0.3) is 0 Å². The van der Waals surface area contributed by atoms with Gasteiger partial charge in [0.2, 0.25) is 0 Å². The smallest absolute Gasteiger partial charge is 0.0428 e. The monoisotopic (exact) mass is 360 g/mol. The van der Waals surface area contributed by atoms with Gasteiger partial charge in [-0.1, -0.05) is 41.5 Å². The van der Waals surface area contributed by atoms with E-state index < -0.39 is 0 Å². The van der Waals surface area contributed by atoms with Crippen LogP contribution in [0.1, 0.15) is 80.1 Å². The van der Waals surface area contributed by atoms with Crippen LogP contribution in [0.5, 0.6) is 0 Å². The predicted octanol–water partition coefficient (Wildman–Crippen LogP) is 2.33. The van der Waals surface area contributed by atoms with Crippen molar-refractivity contribution < 1.29 is 30.6 Å².